The van der Waals surface area contributed by atoms with E-state index in [0.29, 0.717) is 0 Å². The zero-order valence-electron chi connectivity index (χ0n) is 13.1. The molecule has 2 heterocycles. The summed E-state index contributed by atoms with van der Waals surface area (Å²) in [4.78, 5) is 4.65. The fourth-order valence-corrected chi connectivity index (χ4v) is 2.72. The topological polar surface area (TPSA) is 191 Å². The van der Waals surface area contributed by atoms with Gasteiger partial charge in [-0.1, -0.05) is 5.16 Å². The highest BCUT2D eigenvalue weighted by Gasteiger charge is 2.51. The standard InChI is InChI=1S/C13H23NO11/c1-14-25-13-10(21)8(19)11(5(3-16)23-13)24-12-9(20)7(18)6(17)4(2-15)22-12/h4-13,15-21H,1-3H2. The van der Waals surface area contributed by atoms with Gasteiger partial charge in [0.05, 0.1) is 13.2 Å². The number of hydrogen-bond acceptors (Lipinski definition) is 12. The summed E-state index contributed by atoms with van der Waals surface area (Å²) in [6.45, 7) is 1.74. The van der Waals surface area contributed by atoms with Crippen molar-refractivity contribution in [3.63, 3.8) is 0 Å². The van der Waals surface area contributed by atoms with Gasteiger partial charge in [0, 0.05) is 6.72 Å². The molecule has 0 amide bonds. The number of hydrogen-bond donors (Lipinski definition) is 7. The number of aliphatic hydroxyl groups is 7. The van der Waals surface area contributed by atoms with E-state index in [1.54, 1.807) is 0 Å². The third-order valence-corrected chi connectivity index (χ3v) is 4.14. The third-order valence-electron chi connectivity index (χ3n) is 4.14. The summed E-state index contributed by atoms with van der Waals surface area (Å²) in [5, 5.41) is 71.2. The second kappa shape index (κ2) is 8.64. The minimum absolute atomic E-state index is 0.650. The summed E-state index contributed by atoms with van der Waals surface area (Å²) in [5.41, 5.74) is 0. The molecule has 7 N–H and O–H groups in total. The van der Waals surface area contributed by atoms with Gasteiger partial charge in [-0.3, -0.25) is 0 Å². The van der Waals surface area contributed by atoms with Crippen LogP contribution in [-0.2, 0) is 19.0 Å². The van der Waals surface area contributed by atoms with Crippen molar-refractivity contribution in [2.45, 2.75) is 61.4 Å². The predicted octanol–water partition coefficient (Wildman–Crippen LogP) is -4.76. The number of oxime groups is 1. The van der Waals surface area contributed by atoms with Gasteiger partial charge in [0.15, 0.2) is 6.29 Å². The molecule has 12 nitrogen and oxygen atoms in total. The molecule has 0 bridgehead atoms. The first-order chi connectivity index (χ1) is 11.8. The van der Waals surface area contributed by atoms with Crippen LogP contribution in [0.15, 0.2) is 5.16 Å². The Balaban J connectivity index is 2.12. The quantitative estimate of drug-likeness (QED) is 0.176. The Kier molecular flexibility index (Phi) is 7.04. The Morgan fingerprint density at radius 3 is 1.88 bits per heavy atom. The molecule has 12 heteroatoms. The van der Waals surface area contributed by atoms with Gasteiger partial charge in [-0.25, -0.2) is 0 Å². The maximum atomic E-state index is 10.2. The molecule has 146 valence electrons. The van der Waals surface area contributed by atoms with Gasteiger partial charge >= 0.3 is 0 Å². The molecule has 2 aliphatic rings. The molecule has 2 fully saturated rings. The first-order valence-electron chi connectivity index (χ1n) is 7.56. The average Bonchev–Trinajstić information content (AvgIpc) is 2.61. The molecule has 0 aromatic heterocycles. The molecular weight excluding hydrogens is 346 g/mol. The molecule has 2 aliphatic heterocycles. The lowest BCUT2D eigenvalue weighted by molar-refractivity contribution is -0.359. The van der Waals surface area contributed by atoms with Gasteiger partial charge in [-0.15, -0.1) is 0 Å². The van der Waals surface area contributed by atoms with Crippen molar-refractivity contribution in [3.05, 3.63) is 0 Å². The molecule has 0 aromatic rings. The summed E-state index contributed by atoms with van der Waals surface area (Å²) in [7, 11) is 0. The van der Waals surface area contributed by atoms with E-state index >= 15 is 0 Å². The molecular formula is C13H23NO11. The van der Waals surface area contributed by atoms with Gasteiger partial charge in [0.2, 0.25) is 0 Å². The maximum absolute atomic E-state index is 10.2. The zero-order chi connectivity index (χ0) is 18.7. The lowest BCUT2D eigenvalue weighted by Gasteiger charge is -2.45. The Labute approximate surface area is 142 Å². The summed E-state index contributed by atoms with van der Waals surface area (Å²) in [5.74, 6) is 0. The molecule has 0 aliphatic carbocycles. The monoisotopic (exact) mass is 369 g/mol. The van der Waals surface area contributed by atoms with Crippen LogP contribution >= 0.6 is 0 Å². The average molecular weight is 369 g/mol. The highest BCUT2D eigenvalue weighted by atomic mass is 16.8. The third kappa shape index (κ3) is 4.09. The van der Waals surface area contributed by atoms with Crippen LogP contribution in [0.3, 0.4) is 0 Å². The second-order valence-electron chi connectivity index (χ2n) is 5.74. The highest BCUT2D eigenvalue weighted by molar-refractivity contribution is 5.21. The van der Waals surface area contributed by atoms with Crippen molar-refractivity contribution in [1.82, 2.24) is 0 Å². The fourth-order valence-electron chi connectivity index (χ4n) is 2.72. The summed E-state index contributed by atoms with van der Waals surface area (Å²) in [6, 6.07) is 0. The Morgan fingerprint density at radius 1 is 0.760 bits per heavy atom. The molecule has 0 aromatic carbocycles. The van der Waals surface area contributed by atoms with Gasteiger partial charge in [0.25, 0.3) is 6.29 Å². The Morgan fingerprint density at radius 2 is 1.32 bits per heavy atom. The molecule has 2 rings (SSSR count). The van der Waals surface area contributed by atoms with E-state index < -0.39 is 74.6 Å². The van der Waals surface area contributed by atoms with E-state index in [-0.39, 0.29) is 0 Å². The summed E-state index contributed by atoms with van der Waals surface area (Å²) >= 11 is 0. The van der Waals surface area contributed by atoms with Crippen molar-refractivity contribution >= 4 is 6.72 Å². The van der Waals surface area contributed by atoms with Gasteiger partial charge in [-0.05, 0) is 0 Å². The molecule has 0 saturated carbocycles. The van der Waals surface area contributed by atoms with Crippen LogP contribution in [-0.4, -0.2) is 117 Å². The Bertz CT molecular complexity index is 436. The molecule has 0 spiro atoms. The van der Waals surface area contributed by atoms with Crippen LogP contribution in [0.25, 0.3) is 0 Å². The summed E-state index contributed by atoms with van der Waals surface area (Å²) in [6.07, 6.45) is -15.0. The van der Waals surface area contributed by atoms with Crippen molar-refractivity contribution in [2.24, 2.45) is 5.16 Å². The van der Waals surface area contributed by atoms with Crippen LogP contribution < -0.4 is 0 Å². The zero-order valence-corrected chi connectivity index (χ0v) is 13.1. The molecule has 10 unspecified atom stereocenters. The minimum atomic E-state index is -1.72. The highest BCUT2D eigenvalue weighted by Crippen LogP contribution is 2.29. The van der Waals surface area contributed by atoms with E-state index in [0.717, 1.165) is 0 Å². The van der Waals surface area contributed by atoms with E-state index in [2.05, 4.69) is 16.7 Å². The number of aliphatic hydroxyl groups excluding tert-OH is 7. The van der Waals surface area contributed by atoms with Crippen LogP contribution in [0.2, 0.25) is 0 Å². The lowest BCUT2D eigenvalue weighted by Crippen LogP contribution is -2.64. The lowest BCUT2D eigenvalue weighted by atomic mass is 9.97. The van der Waals surface area contributed by atoms with E-state index in [1.165, 1.54) is 0 Å². The first kappa shape index (κ1) is 20.4. The van der Waals surface area contributed by atoms with Crippen LogP contribution in [0.4, 0.5) is 0 Å². The van der Waals surface area contributed by atoms with Gasteiger partial charge in [-0.2, -0.15) is 0 Å². The van der Waals surface area contributed by atoms with Crippen molar-refractivity contribution in [1.29, 1.82) is 0 Å². The largest absolute Gasteiger partial charge is 0.394 e. The van der Waals surface area contributed by atoms with Gasteiger partial charge in [0.1, 0.15) is 48.8 Å². The molecule has 25 heavy (non-hydrogen) atoms. The predicted molar refractivity (Wildman–Crippen MR) is 77.0 cm³/mol. The van der Waals surface area contributed by atoms with Crippen molar-refractivity contribution in [2.75, 3.05) is 13.2 Å². The second-order valence-corrected chi connectivity index (χ2v) is 5.74. The molecule has 0 radical (unpaired) electrons. The summed E-state index contributed by atoms with van der Waals surface area (Å²) < 4.78 is 15.7. The van der Waals surface area contributed by atoms with E-state index in [4.69, 9.17) is 19.3 Å². The van der Waals surface area contributed by atoms with Crippen LogP contribution in [0, 0.1) is 0 Å². The van der Waals surface area contributed by atoms with Crippen molar-refractivity contribution in [3.8, 4) is 0 Å². The number of ether oxygens (including phenoxy) is 3. The number of rotatable bonds is 6. The van der Waals surface area contributed by atoms with E-state index in [1.807, 2.05) is 0 Å². The van der Waals surface area contributed by atoms with E-state index in [9.17, 15) is 30.6 Å². The molecule has 2 saturated heterocycles. The fraction of sp³-hybridized carbons (Fsp3) is 0.923. The molecule has 10 atom stereocenters. The van der Waals surface area contributed by atoms with Crippen molar-refractivity contribution < 1.29 is 54.8 Å². The smallest absolute Gasteiger partial charge is 0.256 e. The minimum Gasteiger partial charge on any atom is -0.394 e. The van der Waals surface area contributed by atoms with Gasteiger partial charge < -0.3 is 54.8 Å². The maximum Gasteiger partial charge on any atom is 0.256 e. The van der Waals surface area contributed by atoms with Crippen LogP contribution in [0.1, 0.15) is 0 Å². The first-order valence-corrected chi connectivity index (χ1v) is 7.56. The number of nitrogens with zero attached hydrogens (tertiary/aromatic N) is 1. The normalized spacial score (nSPS) is 48.1. The van der Waals surface area contributed by atoms with Crippen LogP contribution in [0.5, 0.6) is 0 Å². The Hall–Kier alpha value is -0.930. The SMILES string of the molecule is C=NOC1OC(CO)C(OC2OC(CO)C(O)C(O)C2O)C(O)C1O.